The number of fused-ring (bicyclic) bond motifs is 1. The maximum Gasteiger partial charge on any atom is 0.266 e. The molecule has 6 nitrogen and oxygen atoms in total. The first kappa shape index (κ1) is 12.3. The molecular weight excluding hydrogens is 234 g/mol. The summed E-state index contributed by atoms with van der Waals surface area (Å²) in [6.45, 7) is 1.75. The lowest BCUT2D eigenvalue weighted by atomic mass is 10.2. The number of benzene rings is 1. The minimum absolute atomic E-state index is 0.295. The molecule has 1 atom stereocenters. The van der Waals surface area contributed by atoms with Gasteiger partial charge in [-0.3, -0.25) is 19.4 Å². The van der Waals surface area contributed by atoms with Crippen molar-refractivity contribution in [1.82, 2.24) is 15.0 Å². The largest absolute Gasteiger partial charge is 0.289 e. The summed E-state index contributed by atoms with van der Waals surface area (Å²) in [6, 6.07) is 6.15. The normalized spacial score (nSPS) is 12.3. The summed E-state index contributed by atoms with van der Waals surface area (Å²) < 4.78 is 1.23. The first-order valence-electron chi connectivity index (χ1n) is 5.59. The van der Waals surface area contributed by atoms with E-state index in [0.29, 0.717) is 17.3 Å². The van der Waals surface area contributed by atoms with Gasteiger partial charge in [0.2, 0.25) is 0 Å². The van der Waals surface area contributed by atoms with Crippen LogP contribution >= 0.6 is 0 Å². The van der Waals surface area contributed by atoms with Gasteiger partial charge in [-0.2, -0.15) is 0 Å². The quantitative estimate of drug-likeness (QED) is 0.622. The van der Waals surface area contributed by atoms with Gasteiger partial charge in [0.05, 0.1) is 17.2 Å². The summed E-state index contributed by atoms with van der Waals surface area (Å²) in [4.78, 5) is 27.8. The highest BCUT2D eigenvalue weighted by molar-refractivity contribution is 5.80. The smallest absolute Gasteiger partial charge is 0.266 e. The molecule has 0 aliphatic rings. The van der Waals surface area contributed by atoms with Crippen molar-refractivity contribution in [1.29, 1.82) is 0 Å². The van der Waals surface area contributed by atoms with Gasteiger partial charge in [-0.05, 0) is 18.6 Å². The SMILES string of the molecule is CCC(C(=O)NO)n1cnc2ccccc2c1=O. The number of rotatable bonds is 3. The highest BCUT2D eigenvalue weighted by Crippen LogP contribution is 2.11. The van der Waals surface area contributed by atoms with Crippen LogP contribution in [-0.4, -0.2) is 20.7 Å². The maximum atomic E-state index is 12.2. The molecule has 94 valence electrons. The lowest BCUT2D eigenvalue weighted by molar-refractivity contribution is -0.132. The molecule has 0 aliphatic heterocycles. The first-order valence-corrected chi connectivity index (χ1v) is 5.59. The van der Waals surface area contributed by atoms with E-state index in [1.54, 1.807) is 36.7 Å². The number of carbonyl (C=O) groups excluding carboxylic acids is 1. The van der Waals surface area contributed by atoms with Crippen molar-refractivity contribution in [2.75, 3.05) is 0 Å². The molecule has 0 spiro atoms. The number of nitrogens with zero attached hydrogens (tertiary/aromatic N) is 2. The molecule has 2 N–H and O–H groups in total. The van der Waals surface area contributed by atoms with E-state index in [1.807, 2.05) is 0 Å². The van der Waals surface area contributed by atoms with Gasteiger partial charge in [0, 0.05) is 0 Å². The highest BCUT2D eigenvalue weighted by Gasteiger charge is 2.19. The number of hydrogen-bond acceptors (Lipinski definition) is 4. The van der Waals surface area contributed by atoms with Gasteiger partial charge in [0.1, 0.15) is 6.04 Å². The van der Waals surface area contributed by atoms with E-state index in [9.17, 15) is 9.59 Å². The number of hydroxylamine groups is 1. The zero-order valence-corrected chi connectivity index (χ0v) is 9.83. The van der Waals surface area contributed by atoms with Crippen molar-refractivity contribution in [3.63, 3.8) is 0 Å². The summed E-state index contributed by atoms with van der Waals surface area (Å²) in [6.07, 6.45) is 1.71. The second kappa shape index (κ2) is 4.97. The van der Waals surface area contributed by atoms with Gasteiger partial charge in [-0.1, -0.05) is 19.1 Å². The molecule has 1 amide bonds. The fourth-order valence-corrected chi connectivity index (χ4v) is 1.89. The van der Waals surface area contributed by atoms with Crippen LogP contribution in [0, 0.1) is 0 Å². The zero-order chi connectivity index (χ0) is 13.1. The Labute approximate surface area is 103 Å². The molecule has 18 heavy (non-hydrogen) atoms. The predicted octanol–water partition coefficient (Wildman–Crippen LogP) is 0.853. The highest BCUT2D eigenvalue weighted by atomic mass is 16.5. The van der Waals surface area contributed by atoms with Crippen LogP contribution in [0.25, 0.3) is 10.9 Å². The maximum absolute atomic E-state index is 12.2. The van der Waals surface area contributed by atoms with E-state index >= 15 is 0 Å². The summed E-state index contributed by atoms with van der Waals surface area (Å²) in [7, 11) is 0. The van der Waals surface area contributed by atoms with Crippen LogP contribution in [0.3, 0.4) is 0 Å². The Hall–Kier alpha value is -2.21. The minimum atomic E-state index is -0.764. The number of hydrogen-bond donors (Lipinski definition) is 2. The fraction of sp³-hybridized carbons (Fsp3) is 0.250. The summed E-state index contributed by atoms with van der Waals surface area (Å²) in [5.74, 6) is -0.628. The molecule has 1 aromatic heterocycles. The van der Waals surface area contributed by atoms with E-state index < -0.39 is 11.9 Å². The second-order valence-corrected chi connectivity index (χ2v) is 3.87. The Bertz CT molecular complexity index is 636. The van der Waals surface area contributed by atoms with Crippen LogP contribution in [0.5, 0.6) is 0 Å². The number of para-hydroxylation sites is 1. The third-order valence-electron chi connectivity index (χ3n) is 2.83. The van der Waals surface area contributed by atoms with Gasteiger partial charge in [-0.25, -0.2) is 10.5 Å². The summed E-state index contributed by atoms with van der Waals surface area (Å²) in [5.41, 5.74) is 1.85. The average Bonchev–Trinajstić information content (AvgIpc) is 2.42. The Kier molecular flexibility index (Phi) is 3.38. The monoisotopic (exact) mass is 247 g/mol. The van der Waals surface area contributed by atoms with Crippen LogP contribution in [0.2, 0.25) is 0 Å². The second-order valence-electron chi connectivity index (χ2n) is 3.87. The Morgan fingerprint density at radius 1 is 1.50 bits per heavy atom. The number of carbonyl (C=O) groups is 1. The lowest BCUT2D eigenvalue weighted by Gasteiger charge is -2.15. The van der Waals surface area contributed by atoms with Crippen molar-refractivity contribution in [3.05, 3.63) is 40.9 Å². The number of nitrogens with one attached hydrogen (secondary N) is 1. The van der Waals surface area contributed by atoms with Gasteiger partial charge in [-0.15, -0.1) is 0 Å². The van der Waals surface area contributed by atoms with E-state index in [0.717, 1.165) is 0 Å². The molecule has 1 unspecified atom stereocenters. The van der Waals surface area contributed by atoms with Gasteiger partial charge >= 0.3 is 0 Å². The molecular formula is C12H13N3O3. The molecule has 0 saturated heterocycles. The minimum Gasteiger partial charge on any atom is -0.289 e. The standard InChI is InChI=1S/C12H13N3O3/c1-2-10(11(16)14-18)15-7-13-9-6-4-3-5-8(9)12(15)17/h3-7,10,18H,2H2,1H3,(H,14,16). The predicted molar refractivity (Wildman–Crippen MR) is 65.3 cm³/mol. The van der Waals surface area contributed by atoms with Gasteiger partial charge in [0.25, 0.3) is 11.5 Å². The van der Waals surface area contributed by atoms with Gasteiger partial charge in [0.15, 0.2) is 0 Å². The topological polar surface area (TPSA) is 84.2 Å². The number of amides is 1. The molecule has 6 heteroatoms. The first-order chi connectivity index (χ1) is 8.69. The summed E-state index contributed by atoms with van der Waals surface area (Å²) >= 11 is 0. The van der Waals surface area contributed by atoms with Crippen molar-refractivity contribution in [3.8, 4) is 0 Å². The van der Waals surface area contributed by atoms with Crippen molar-refractivity contribution < 1.29 is 10.0 Å². The Morgan fingerprint density at radius 2 is 2.22 bits per heavy atom. The molecule has 0 radical (unpaired) electrons. The van der Waals surface area contributed by atoms with Crippen LogP contribution in [0.4, 0.5) is 0 Å². The average molecular weight is 247 g/mol. The van der Waals surface area contributed by atoms with Crippen molar-refractivity contribution in [2.24, 2.45) is 0 Å². The van der Waals surface area contributed by atoms with Crippen molar-refractivity contribution >= 4 is 16.8 Å². The van der Waals surface area contributed by atoms with Gasteiger partial charge < -0.3 is 0 Å². The van der Waals surface area contributed by atoms with E-state index in [1.165, 1.54) is 10.9 Å². The van der Waals surface area contributed by atoms with E-state index in [2.05, 4.69) is 4.98 Å². The third kappa shape index (κ3) is 1.98. The molecule has 0 saturated carbocycles. The van der Waals surface area contributed by atoms with Crippen LogP contribution < -0.4 is 11.0 Å². The molecule has 2 aromatic rings. The molecule has 0 fully saturated rings. The molecule has 0 aliphatic carbocycles. The molecule has 1 aromatic carbocycles. The Balaban J connectivity index is 2.61. The molecule has 2 rings (SSSR count). The fourth-order valence-electron chi connectivity index (χ4n) is 1.89. The van der Waals surface area contributed by atoms with Crippen LogP contribution in [0.15, 0.2) is 35.4 Å². The molecule has 1 heterocycles. The van der Waals surface area contributed by atoms with E-state index in [4.69, 9.17) is 5.21 Å². The summed E-state index contributed by atoms with van der Waals surface area (Å²) in [5, 5.41) is 9.11. The third-order valence-corrected chi connectivity index (χ3v) is 2.83. The van der Waals surface area contributed by atoms with Crippen molar-refractivity contribution in [2.45, 2.75) is 19.4 Å². The Morgan fingerprint density at radius 3 is 2.89 bits per heavy atom. The van der Waals surface area contributed by atoms with Crippen LogP contribution in [0.1, 0.15) is 19.4 Å². The van der Waals surface area contributed by atoms with Crippen LogP contribution in [-0.2, 0) is 4.79 Å². The van der Waals surface area contributed by atoms with E-state index in [-0.39, 0.29) is 5.56 Å². The molecule has 0 bridgehead atoms. The zero-order valence-electron chi connectivity index (χ0n) is 9.83. The lowest BCUT2D eigenvalue weighted by Crippen LogP contribution is -2.35. The number of aromatic nitrogens is 2.